The number of aryl methyl sites for hydroxylation is 1. The first-order chi connectivity index (χ1) is 8.52. The minimum atomic E-state index is -0.254. The summed E-state index contributed by atoms with van der Waals surface area (Å²) >= 11 is 0. The van der Waals surface area contributed by atoms with Gasteiger partial charge in [-0.25, -0.2) is 0 Å². The maximum absolute atomic E-state index is 12.8. The van der Waals surface area contributed by atoms with Crippen molar-refractivity contribution in [3.8, 4) is 0 Å². The fraction of sp³-hybridized carbons (Fsp3) is 0.533. The molecule has 1 fully saturated rings. The van der Waals surface area contributed by atoms with Crippen LogP contribution >= 0.6 is 0 Å². The van der Waals surface area contributed by atoms with E-state index < -0.39 is 0 Å². The van der Waals surface area contributed by atoms with Crippen LogP contribution in [-0.2, 0) is 0 Å². The highest BCUT2D eigenvalue weighted by molar-refractivity contribution is 6.05. The quantitative estimate of drug-likeness (QED) is 0.636. The second kappa shape index (κ2) is 4.73. The highest BCUT2D eigenvalue weighted by Crippen LogP contribution is 2.36. The normalized spacial score (nSPS) is 23.3. The second-order valence-electron chi connectivity index (χ2n) is 5.36. The molecular formula is C15H22N2O. The van der Waals surface area contributed by atoms with E-state index in [1.165, 1.54) is 0 Å². The summed E-state index contributed by atoms with van der Waals surface area (Å²) in [5.41, 5.74) is 9.38. The Morgan fingerprint density at radius 3 is 2.72 bits per heavy atom. The summed E-state index contributed by atoms with van der Waals surface area (Å²) in [7, 11) is 0. The molecule has 0 saturated carbocycles. The van der Waals surface area contributed by atoms with Crippen LogP contribution in [0, 0.1) is 19.3 Å². The molecule has 1 aliphatic heterocycles. The van der Waals surface area contributed by atoms with Gasteiger partial charge in [0.1, 0.15) is 0 Å². The first-order valence-corrected chi connectivity index (χ1v) is 6.63. The lowest BCUT2D eigenvalue weighted by Crippen LogP contribution is -2.33. The second-order valence-corrected chi connectivity index (χ2v) is 5.36. The van der Waals surface area contributed by atoms with Crippen LogP contribution in [0.4, 0.5) is 5.69 Å². The van der Waals surface area contributed by atoms with Crippen LogP contribution in [-0.4, -0.2) is 18.9 Å². The van der Waals surface area contributed by atoms with Crippen molar-refractivity contribution in [2.75, 3.05) is 18.8 Å². The van der Waals surface area contributed by atoms with Gasteiger partial charge in [0.2, 0.25) is 0 Å². The molecule has 0 aliphatic carbocycles. The van der Waals surface area contributed by atoms with Crippen LogP contribution < -0.4 is 11.1 Å². The number of benzene rings is 1. The van der Waals surface area contributed by atoms with E-state index in [4.69, 9.17) is 5.73 Å². The maximum atomic E-state index is 12.8. The van der Waals surface area contributed by atoms with E-state index in [9.17, 15) is 4.79 Å². The van der Waals surface area contributed by atoms with Crippen molar-refractivity contribution in [3.63, 3.8) is 0 Å². The van der Waals surface area contributed by atoms with Gasteiger partial charge in [-0.1, -0.05) is 13.0 Å². The molecule has 0 bridgehead atoms. The molecule has 1 aliphatic rings. The summed E-state index contributed by atoms with van der Waals surface area (Å²) in [4.78, 5) is 12.8. The standard InChI is InChI=1S/C15H22N2O/c1-4-15(7-8-17-9-15)14(18)12-6-5-10(2)11(3)13(12)16/h5-6,17H,4,7-9,16H2,1-3H3. The predicted octanol–water partition coefficient (Wildman–Crippen LogP) is 2.46. The van der Waals surface area contributed by atoms with Gasteiger partial charge in [0, 0.05) is 23.2 Å². The maximum Gasteiger partial charge on any atom is 0.172 e. The van der Waals surface area contributed by atoms with E-state index in [2.05, 4.69) is 12.2 Å². The monoisotopic (exact) mass is 246 g/mol. The highest BCUT2D eigenvalue weighted by Gasteiger charge is 2.40. The van der Waals surface area contributed by atoms with Crippen LogP contribution in [0.5, 0.6) is 0 Å². The zero-order valence-electron chi connectivity index (χ0n) is 11.5. The van der Waals surface area contributed by atoms with Crippen molar-refractivity contribution in [2.45, 2.75) is 33.6 Å². The number of anilines is 1. The number of hydrogen-bond donors (Lipinski definition) is 2. The molecular weight excluding hydrogens is 224 g/mol. The van der Waals surface area contributed by atoms with E-state index in [0.717, 1.165) is 37.1 Å². The lowest BCUT2D eigenvalue weighted by Gasteiger charge is -2.26. The summed E-state index contributed by atoms with van der Waals surface area (Å²) in [6.07, 6.45) is 1.78. The zero-order chi connectivity index (χ0) is 13.3. The number of nitrogens with one attached hydrogen (secondary N) is 1. The van der Waals surface area contributed by atoms with Crippen molar-refractivity contribution < 1.29 is 4.79 Å². The van der Waals surface area contributed by atoms with E-state index >= 15 is 0 Å². The Labute approximate surface area is 109 Å². The Kier molecular flexibility index (Phi) is 3.44. The van der Waals surface area contributed by atoms with Crippen molar-refractivity contribution in [1.82, 2.24) is 5.32 Å². The van der Waals surface area contributed by atoms with Crippen LogP contribution in [0.3, 0.4) is 0 Å². The molecule has 1 atom stereocenters. The minimum absolute atomic E-state index is 0.204. The lowest BCUT2D eigenvalue weighted by atomic mass is 9.76. The minimum Gasteiger partial charge on any atom is -0.398 e. The molecule has 98 valence electrons. The van der Waals surface area contributed by atoms with Gasteiger partial charge < -0.3 is 11.1 Å². The molecule has 1 aromatic carbocycles. The van der Waals surface area contributed by atoms with Gasteiger partial charge >= 0.3 is 0 Å². The number of Topliss-reactive ketones (excluding diaryl/α,β-unsaturated/α-hetero) is 1. The molecule has 1 heterocycles. The van der Waals surface area contributed by atoms with Crippen molar-refractivity contribution in [1.29, 1.82) is 0 Å². The van der Waals surface area contributed by atoms with Crippen molar-refractivity contribution in [2.24, 2.45) is 5.41 Å². The number of nitrogens with two attached hydrogens (primary N) is 1. The number of rotatable bonds is 3. The molecule has 18 heavy (non-hydrogen) atoms. The molecule has 3 N–H and O–H groups in total. The fourth-order valence-corrected chi connectivity index (χ4v) is 2.72. The van der Waals surface area contributed by atoms with Crippen LogP contribution in [0.25, 0.3) is 0 Å². The Bertz CT molecular complexity index is 474. The molecule has 3 nitrogen and oxygen atoms in total. The Morgan fingerprint density at radius 1 is 1.44 bits per heavy atom. The largest absolute Gasteiger partial charge is 0.398 e. The summed E-state index contributed by atoms with van der Waals surface area (Å²) in [5, 5.41) is 3.30. The van der Waals surface area contributed by atoms with Gasteiger partial charge in [-0.3, -0.25) is 4.79 Å². The number of carbonyl (C=O) groups excluding carboxylic acids is 1. The molecule has 1 saturated heterocycles. The third kappa shape index (κ3) is 1.93. The van der Waals surface area contributed by atoms with Gasteiger partial charge in [-0.05, 0) is 50.4 Å². The van der Waals surface area contributed by atoms with Crippen molar-refractivity contribution in [3.05, 3.63) is 28.8 Å². The Morgan fingerprint density at radius 2 is 2.17 bits per heavy atom. The average Bonchev–Trinajstić information content (AvgIpc) is 2.85. The number of carbonyl (C=O) groups is 1. The highest BCUT2D eigenvalue weighted by atomic mass is 16.1. The first kappa shape index (κ1) is 13.1. The van der Waals surface area contributed by atoms with E-state index in [-0.39, 0.29) is 11.2 Å². The SMILES string of the molecule is CCC1(C(=O)c2ccc(C)c(C)c2N)CCNC1. The first-order valence-electron chi connectivity index (χ1n) is 6.63. The molecule has 1 aromatic rings. The van der Waals surface area contributed by atoms with Gasteiger partial charge in [0.05, 0.1) is 0 Å². The van der Waals surface area contributed by atoms with Gasteiger partial charge in [-0.2, -0.15) is 0 Å². The molecule has 0 aromatic heterocycles. The van der Waals surface area contributed by atoms with Gasteiger partial charge in [-0.15, -0.1) is 0 Å². The summed E-state index contributed by atoms with van der Waals surface area (Å²) in [6, 6.07) is 3.88. The third-order valence-corrected chi connectivity index (χ3v) is 4.43. The fourth-order valence-electron chi connectivity index (χ4n) is 2.72. The molecule has 0 radical (unpaired) electrons. The number of hydrogen-bond acceptors (Lipinski definition) is 3. The van der Waals surface area contributed by atoms with Crippen molar-refractivity contribution >= 4 is 11.5 Å². The van der Waals surface area contributed by atoms with E-state index in [1.54, 1.807) is 0 Å². The molecule has 1 unspecified atom stereocenters. The van der Waals surface area contributed by atoms with E-state index in [0.29, 0.717) is 11.3 Å². The topological polar surface area (TPSA) is 55.1 Å². The predicted molar refractivity (Wildman–Crippen MR) is 74.9 cm³/mol. The summed E-state index contributed by atoms with van der Waals surface area (Å²) < 4.78 is 0. The van der Waals surface area contributed by atoms with Gasteiger partial charge in [0.15, 0.2) is 5.78 Å². The smallest absolute Gasteiger partial charge is 0.172 e. The lowest BCUT2D eigenvalue weighted by molar-refractivity contribution is 0.0811. The number of ketones is 1. The molecule has 0 amide bonds. The Balaban J connectivity index is 2.43. The average molecular weight is 246 g/mol. The molecule has 2 rings (SSSR count). The summed E-state index contributed by atoms with van der Waals surface area (Å²) in [6.45, 7) is 7.78. The molecule has 0 spiro atoms. The van der Waals surface area contributed by atoms with Crippen LogP contribution in [0.15, 0.2) is 12.1 Å². The van der Waals surface area contributed by atoms with Crippen LogP contribution in [0.1, 0.15) is 41.3 Å². The summed E-state index contributed by atoms with van der Waals surface area (Å²) in [5.74, 6) is 0.204. The number of nitrogen functional groups attached to an aromatic ring is 1. The molecule has 3 heteroatoms. The van der Waals surface area contributed by atoms with E-state index in [1.807, 2.05) is 26.0 Å². The van der Waals surface area contributed by atoms with Crippen LogP contribution in [0.2, 0.25) is 0 Å². The Hall–Kier alpha value is -1.35. The third-order valence-electron chi connectivity index (χ3n) is 4.43. The zero-order valence-corrected chi connectivity index (χ0v) is 11.5. The van der Waals surface area contributed by atoms with Gasteiger partial charge in [0.25, 0.3) is 0 Å².